The number of hydrogen-bond donors (Lipinski definition) is 1. The summed E-state index contributed by atoms with van der Waals surface area (Å²) in [5, 5.41) is 9.22. The summed E-state index contributed by atoms with van der Waals surface area (Å²) in [5.41, 5.74) is 1.59. The lowest BCUT2D eigenvalue weighted by atomic mass is 9.70. The zero-order chi connectivity index (χ0) is 26.9. The van der Waals surface area contributed by atoms with E-state index in [0.29, 0.717) is 25.8 Å². The Kier molecular flexibility index (Phi) is 8.45. The Morgan fingerprint density at radius 1 is 1.32 bits per heavy atom. The predicted molar refractivity (Wildman–Crippen MR) is 143 cm³/mol. The number of aliphatic hydroxyl groups is 1. The number of halogens is 1. The maximum Gasteiger partial charge on any atom is 0.312 e. The van der Waals surface area contributed by atoms with Crippen LogP contribution in [0.3, 0.4) is 0 Å². The van der Waals surface area contributed by atoms with Gasteiger partial charge in [-0.3, -0.25) is 14.4 Å². The van der Waals surface area contributed by atoms with Crippen molar-refractivity contribution in [2.24, 2.45) is 11.8 Å². The minimum atomic E-state index is -1.13. The Morgan fingerprint density at radius 3 is 2.76 bits per heavy atom. The number of rotatable bonds is 11. The van der Waals surface area contributed by atoms with Crippen molar-refractivity contribution in [2.45, 2.75) is 69.0 Å². The Balaban J connectivity index is 1.78. The average molecular weight is 578 g/mol. The number of nitrogens with zero attached hydrogens (tertiary/aromatic N) is 2. The third-order valence-corrected chi connectivity index (χ3v) is 8.72. The summed E-state index contributed by atoms with van der Waals surface area (Å²) in [7, 11) is 0. The van der Waals surface area contributed by atoms with E-state index in [4.69, 9.17) is 9.47 Å². The average Bonchev–Trinajstić information content (AvgIpc) is 3.45. The topological polar surface area (TPSA) is 96.4 Å². The molecule has 3 heterocycles. The van der Waals surface area contributed by atoms with Gasteiger partial charge in [0, 0.05) is 30.2 Å². The molecule has 0 radical (unpaired) electrons. The van der Waals surface area contributed by atoms with E-state index >= 15 is 0 Å². The number of hydrogen-bond acceptors (Lipinski definition) is 6. The fraction of sp³-hybridized carbons (Fsp3) is 0.607. The number of unbranched alkanes of at least 4 members (excludes halogenated alkanes) is 2. The fourth-order valence-corrected chi connectivity index (χ4v) is 7.26. The number of esters is 1. The highest BCUT2D eigenvalue weighted by atomic mass is 79.9. The number of carbonyl (C=O) groups is 3. The second-order valence-corrected chi connectivity index (χ2v) is 11.4. The molecule has 3 fully saturated rings. The van der Waals surface area contributed by atoms with Crippen molar-refractivity contribution in [1.29, 1.82) is 0 Å². The Morgan fingerprint density at radius 2 is 2.08 bits per heavy atom. The van der Waals surface area contributed by atoms with E-state index in [2.05, 4.69) is 22.5 Å². The first-order valence-corrected chi connectivity index (χ1v) is 14.0. The number of anilines is 1. The number of amides is 2. The predicted octanol–water partition coefficient (Wildman–Crippen LogP) is 3.30. The van der Waals surface area contributed by atoms with E-state index in [-0.39, 0.29) is 36.4 Å². The van der Waals surface area contributed by atoms with Crippen molar-refractivity contribution in [1.82, 2.24) is 4.90 Å². The standard InChI is InChI=1S/C28H37BrN2O6/c1-5-12-30(20-15-17(3)10-11-18(20)4)26(34)24-28-16-19(29)23(37-28)21(27(35)36-6-2)22(28)25(33)31(24)13-8-7-9-14-32/h5,10-11,15,19,21-24,32H,1,6-9,12-14,16H2,2-4H3/t19?,21-,22+,23-,24?,28?/m1/s1. The number of carbonyl (C=O) groups excluding carboxylic acids is 3. The van der Waals surface area contributed by atoms with Crippen LogP contribution in [0.1, 0.15) is 43.7 Å². The summed E-state index contributed by atoms with van der Waals surface area (Å²) < 4.78 is 11.9. The van der Waals surface area contributed by atoms with Gasteiger partial charge in [0.15, 0.2) is 0 Å². The molecule has 1 aromatic carbocycles. The molecule has 3 unspecified atom stereocenters. The lowest BCUT2D eigenvalue weighted by molar-refractivity contribution is -0.154. The summed E-state index contributed by atoms with van der Waals surface area (Å²) in [4.78, 5) is 44.7. The zero-order valence-electron chi connectivity index (χ0n) is 21.8. The Labute approximate surface area is 227 Å². The van der Waals surface area contributed by atoms with Crippen molar-refractivity contribution in [3.8, 4) is 0 Å². The van der Waals surface area contributed by atoms with Crippen LogP contribution in [0.2, 0.25) is 0 Å². The molecular formula is C28H37BrN2O6. The molecule has 202 valence electrons. The molecule has 3 aliphatic rings. The second kappa shape index (κ2) is 11.3. The maximum absolute atomic E-state index is 14.5. The molecule has 3 aliphatic heterocycles. The van der Waals surface area contributed by atoms with Gasteiger partial charge >= 0.3 is 5.97 Å². The Hall–Kier alpha value is -2.23. The van der Waals surface area contributed by atoms with Crippen molar-refractivity contribution in [3.63, 3.8) is 0 Å². The van der Waals surface area contributed by atoms with E-state index in [9.17, 15) is 19.5 Å². The number of benzene rings is 1. The number of aliphatic hydroxyl groups excluding tert-OH is 1. The molecule has 0 aromatic heterocycles. The van der Waals surface area contributed by atoms with Gasteiger partial charge in [0.1, 0.15) is 11.6 Å². The van der Waals surface area contributed by atoms with E-state index in [1.807, 2.05) is 32.0 Å². The third kappa shape index (κ3) is 4.74. The van der Waals surface area contributed by atoms with E-state index in [1.165, 1.54) is 0 Å². The van der Waals surface area contributed by atoms with Gasteiger partial charge in [-0.15, -0.1) is 6.58 Å². The normalized spacial score (nSPS) is 29.9. The van der Waals surface area contributed by atoms with Gasteiger partial charge in [-0.25, -0.2) is 0 Å². The first kappa shape index (κ1) is 27.8. The van der Waals surface area contributed by atoms with Crippen molar-refractivity contribution in [2.75, 3.05) is 31.2 Å². The van der Waals surface area contributed by atoms with Crippen LogP contribution >= 0.6 is 15.9 Å². The van der Waals surface area contributed by atoms with Gasteiger partial charge in [-0.1, -0.05) is 34.1 Å². The largest absolute Gasteiger partial charge is 0.466 e. The monoisotopic (exact) mass is 576 g/mol. The van der Waals surface area contributed by atoms with Crippen LogP contribution in [-0.2, 0) is 23.9 Å². The summed E-state index contributed by atoms with van der Waals surface area (Å²) in [6.45, 7) is 10.4. The quantitative estimate of drug-likeness (QED) is 0.188. The molecule has 1 spiro atoms. The van der Waals surface area contributed by atoms with E-state index in [1.54, 1.807) is 22.8 Å². The number of fused-ring (bicyclic) bond motifs is 1. The van der Waals surface area contributed by atoms with Gasteiger partial charge in [-0.2, -0.15) is 0 Å². The molecule has 3 saturated heterocycles. The molecule has 1 N–H and O–H groups in total. The molecular weight excluding hydrogens is 540 g/mol. The number of ether oxygens (including phenoxy) is 2. The molecule has 6 atom stereocenters. The molecule has 2 bridgehead atoms. The van der Waals surface area contributed by atoms with E-state index in [0.717, 1.165) is 23.2 Å². The van der Waals surface area contributed by atoms with Crippen LogP contribution in [0.25, 0.3) is 0 Å². The fourth-order valence-electron chi connectivity index (χ4n) is 6.32. The number of aryl methyl sites for hydroxylation is 2. The molecule has 37 heavy (non-hydrogen) atoms. The van der Waals surface area contributed by atoms with Crippen LogP contribution < -0.4 is 4.90 Å². The highest BCUT2D eigenvalue weighted by Crippen LogP contribution is 2.60. The minimum absolute atomic E-state index is 0.0730. The van der Waals surface area contributed by atoms with Crippen LogP contribution in [0.15, 0.2) is 30.9 Å². The minimum Gasteiger partial charge on any atom is -0.466 e. The molecule has 4 rings (SSSR count). The van der Waals surface area contributed by atoms with Gasteiger partial charge < -0.3 is 24.4 Å². The molecule has 2 amide bonds. The van der Waals surface area contributed by atoms with Crippen LogP contribution in [-0.4, -0.2) is 76.7 Å². The first-order valence-electron chi connectivity index (χ1n) is 13.1. The van der Waals surface area contributed by atoms with Crippen LogP contribution in [0.4, 0.5) is 5.69 Å². The highest BCUT2D eigenvalue weighted by Gasteiger charge is 2.77. The van der Waals surface area contributed by atoms with Crippen molar-refractivity contribution >= 4 is 39.4 Å². The Bertz CT molecular complexity index is 1060. The van der Waals surface area contributed by atoms with E-state index < -0.39 is 35.6 Å². The number of alkyl halides is 1. The smallest absolute Gasteiger partial charge is 0.312 e. The summed E-state index contributed by atoms with van der Waals surface area (Å²) in [5.74, 6) is -2.47. The molecule has 9 heteroatoms. The third-order valence-electron chi connectivity index (χ3n) is 7.87. The molecule has 0 saturated carbocycles. The summed E-state index contributed by atoms with van der Waals surface area (Å²) >= 11 is 3.68. The SMILES string of the molecule is C=CCN(C(=O)C1N(CCCCCO)C(=O)[C@@H]2[C@@H](C(=O)OCC)[C@@H]3OC12CC3Br)c1cc(C)ccc1C. The lowest BCUT2D eigenvalue weighted by Gasteiger charge is -2.37. The highest BCUT2D eigenvalue weighted by molar-refractivity contribution is 9.09. The molecule has 0 aliphatic carbocycles. The molecule has 1 aromatic rings. The summed E-state index contributed by atoms with van der Waals surface area (Å²) in [6.07, 6.45) is 3.57. The maximum atomic E-state index is 14.5. The zero-order valence-corrected chi connectivity index (χ0v) is 23.4. The molecule has 8 nitrogen and oxygen atoms in total. The second-order valence-electron chi connectivity index (χ2n) is 10.3. The van der Waals surface area contributed by atoms with Crippen molar-refractivity contribution < 1.29 is 29.0 Å². The van der Waals surface area contributed by atoms with Gasteiger partial charge in [0.05, 0.1) is 24.5 Å². The number of likely N-dealkylation sites (tertiary alicyclic amines) is 1. The van der Waals surface area contributed by atoms with Crippen molar-refractivity contribution in [3.05, 3.63) is 42.0 Å². The first-order chi connectivity index (χ1) is 17.7. The van der Waals surface area contributed by atoms with Gasteiger partial charge in [0.2, 0.25) is 5.91 Å². The summed E-state index contributed by atoms with van der Waals surface area (Å²) in [6, 6.07) is 5.06. The van der Waals surface area contributed by atoms with Gasteiger partial charge in [-0.05, 0) is 63.6 Å². The van der Waals surface area contributed by atoms with Crippen LogP contribution in [0.5, 0.6) is 0 Å². The lowest BCUT2D eigenvalue weighted by Crippen LogP contribution is -2.57. The van der Waals surface area contributed by atoms with Crippen LogP contribution in [0, 0.1) is 25.7 Å². The van der Waals surface area contributed by atoms with Gasteiger partial charge in [0.25, 0.3) is 5.91 Å².